The van der Waals surface area contributed by atoms with Crippen molar-refractivity contribution in [1.82, 2.24) is 4.90 Å². The van der Waals surface area contributed by atoms with E-state index >= 15 is 0 Å². The zero-order chi connectivity index (χ0) is 37.1. The van der Waals surface area contributed by atoms with Crippen LogP contribution < -0.4 is 4.74 Å². The van der Waals surface area contributed by atoms with Crippen molar-refractivity contribution in [3.8, 4) is 16.9 Å². The van der Waals surface area contributed by atoms with Crippen LogP contribution in [-0.4, -0.2) is 41.8 Å². The van der Waals surface area contributed by atoms with Crippen LogP contribution in [-0.2, 0) is 17.1 Å². The van der Waals surface area contributed by atoms with Crippen LogP contribution in [0.3, 0.4) is 0 Å². The summed E-state index contributed by atoms with van der Waals surface area (Å²) in [5.74, 6) is -0.428. The second kappa shape index (κ2) is 13.0. The maximum absolute atomic E-state index is 13.6. The van der Waals surface area contributed by atoms with E-state index in [-0.39, 0.29) is 23.6 Å². The number of aryl methyl sites for hydroxylation is 1. The van der Waals surface area contributed by atoms with E-state index in [4.69, 9.17) is 9.47 Å². The van der Waals surface area contributed by atoms with Crippen molar-refractivity contribution >= 4 is 17.6 Å². The number of amides is 1. The number of methoxy groups -OCH3 is 1. The number of aromatic carboxylic acids is 1. The fourth-order valence-electron chi connectivity index (χ4n) is 7.12. The topological polar surface area (TPSA) is 76.1 Å². The van der Waals surface area contributed by atoms with Gasteiger partial charge in [-0.25, -0.2) is 9.59 Å². The Morgan fingerprint density at radius 3 is 2.12 bits per heavy atom. The van der Waals surface area contributed by atoms with Crippen molar-refractivity contribution in [2.45, 2.75) is 85.3 Å². The number of cyclic esters (lactones) is 1. The molecule has 0 spiro atoms. The van der Waals surface area contributed by atoms with E-state index in [2.05, 4.69) is 13.8 Å². The highest BCUT2D eigenvalue weighted by Crippen LogP contribution is 2.48. The molecule has 2 aliphatic rings. The van der Waals surface area contributed by atoms with Crippen molar-refractivity contribution < 1.29 is 50.5 Å². The number of allylic oxidation sites excluding steroid dienone is 1. The Kier molecular flexibility index (Phi) is 9.57. The molecule has 1 fully saturated rings. The molecule has 1 aliphatic heterocycles. The molecule has 12 heteroatoms. The van der Waals surface area contributed by atoms with Gasteiger partial charge in [0, 0.05) is 12.1 Å². The monoisotopic (exact) mass is 703 g/mol. The van der Waals surface area contributed by atoms with Crippen molar-refractivity contribution in [2.75, 3.05) is 13.7 Å². The average molecular weight is 704 g/mol. The van der Waals surface area contributed by atoms with Gasteiger partial charge in [0.15, 0.2) is 0 Å². The minimum Gasteiger partial charge on any atom is -0.496 e. The van der Waals surface area contributed by atoms with E-state index in [9.17, 15) is 41.0 Å². The number of hydrogen-bond acceptors (Lipinski definition) is 4. The van der Waals surface area contributed by atoms with Crippen LogP contribution in [0.4, 0.5) is 31.1 Å². The predicted molar refractivity (Wildman–Crippen MR) is 176 cm³/mol. The minimum absolute atomic E-state index is 0.0398. The molecule has 0 aromatic heterocycles. The highest BCUT2D eigenvalue weighted by atomic mass is 19.4. The minimum atomic E-state index is -5.05. The van der Waals surface area contributed by atoms with Gasteiger partial charge in [-0.3, -0.25) is 4.90 Å². The molecule has 0 radical (unpaired) electrons. The number of alkyl halides is 6. The van der Waals surface area contributed by atoms with Crippen molar-refractivity contribution in [2.24, 2.45) is 5.41 Å². The van der Waals surface area contributed by atoms with Crippen LogP contribution in [0.25, 0.3) is 16.7 Å². The van der Waals surface area contributed by atoms with Crippen molar-refractivity contribution in [3.63, 3.8) is 0 Å². The number of benzene rings is 3. The number of halogens is 6. The Balaban J connectivity index is 1.59. The van der Waals surface area contributed by atoms with E-state index < -0.39 is 53.3 Å². The first-order valence-corrected chi connectivity index (χ1v) is 16.1. The summed E-state index contributed by atoms with van der Waals surface area (Å²) in [6.45, 7) is 11.3. The predicted octanol–water partition coefficient (Wildman–Crippen LogP) is 10.6. The summed E-state index contributed by atoms with van der Waals surface area (Å²) in [7, 11) is 1.55. The normalized spacial score (nSPS) is 19.5. The van der Waals surface area contributed by atoms with Gasteiger partial charge in [0.05, 0.1) is 29.8 Å². The lowest BCUT2D eigenvalue weighted by Crippen LogP contribution is -2.35. The molecular formula is C38H39F6NO5. The van der Waals surface area contributed by atoms with E-state index in [0.717, 1.165) is 45.4 Å². The number of ether oxygens (including phenoxy) is 2. The first kappa shape index (κ1) is 36.8. The first-order chi connectivity index (χ1) is 23.1. The molecule has 268 valence electrons. The summed E-state index contributed by atoms with van der Waals surface area (Å²) in [6, 6.07) is 7.64. The number of carbonyl (C=O) groups is 2. The van der Waals surface area contributed by atoms with Gasteiger partial charge in [-0.1, -0.05) is 19.9 Å². The summed E-state index contributed by atoms with van der Waals surface area (Å²) < 4.78 is 93.2. The van der Waals surface area contributed by atoms with Crippen molar-refractivity contribution in [3.05, 3.63) is 92.5 Å². The lowest BCUT2D eigenvalue weighted by molar-refractivity contribution is -0.143. The zero-order valence-electron chi connectivity index (χ0n) is 28.8. The lowest BCUT2D eigenvalue weighted by atomic mass is 9.72. The number of hydrogen-bond donors (Lipinski definition) is 1. The van der Waals surface area contributed by atoms with Gasteiger partial charge >= 0.3 is 24.4 Å². The van der Waals surface area contributed by atoms with E-state index in [1.807, 2.05) is 26.0 Å². The van der Waals surface area contributed by atoms with Gasteiger partial charge in [0.25, 0.3) is 0 Å². The molecule has 1 heterocycles. The van der Waals surface area contributed by atoms with Gasteiger partial charge in [0.1, 0.15) is 11.9 Å². The quantitative estimate of drug-likeness (QED) is 0.248. The molecule has 1 N–H and O–H groups in total. The summed E-state index contributed by atoms with van der Waals surface area (Å²) in [4.78, 5) is 26.5. The summed E-state index contributed by atoms with van der Waals surface area (Å²) in [6.07, 6.45) is -10.3. The molecule has 6 nitrogen and oxygen atoms in total. The maximum atomic E-state index is 13.6. The molecular weight excluding hydrogens is 664 g/mol. The third-order valence-electron chi connectivity index (χ3n) is 10.0. The molecule has 1 amide bonds. The van der Waals surface area contributed by atoms with Crippen molar-refractivity contribution in [1.29, 1.82) is 0 Å². The Hall–Kier alpha value is -4.48. The molecule has 3 aromatic carbocycles. The first-order valence-electron chi connectivity index (χ1n) is 16.1. The Morgan fingerprint density at radius 1 is 0.940 bits per heavy atom. The molecule has 0 saturated carbocycles. The Bertz CT molecular complexity index is 1860. The molecule has 2 atom stereocenters. The summed E-state index contributed by atoms with van der Waals surface area (Å²) in [5, 5.41) is 9.63. The average Bonchev–Trinajstić information content (AvgIpc) is 3.29. The molecule has 50 heavy (non-hydrogen) atoms. The second-order valence-corrected chi connectivity index (χ2v) is 14.0. The Morgan fingerprint density at radius 2 is 1.56 bits per heavy atom. The number of carbonyl (C=O) groups excluding carboxylic acids is 1. The third kappa shape index (κ3) is 7.07. The van der Waals surface area contributed by atoms with Gasteiger partial charge in [0.2, 0.25) is 0 Å². The fraction of sp³-hybridized carbons (Fsp3) is 0.421. The number of nitrogens with zero attached hydrogens (tertiary/aromatic N) is 1. The largest absolute Gasteiger partial charge is 0.496 e. The molecule has 0 unspecified atom stereocenters. The lowest BCUT2D eigenvalue weighted by Gasteiger charge is -2.36. The molecule has 1 saturated heterocycles. The van der Waals surface area contributed by atoms with E-state index in [1.165, 1.54) is 4.90 Å². The van der Waals surface area contributed by atoms with Crippen LogP contribution in [0.5, 0.6) is 5.75 Å². The van der Waals surface area contributed by atoms with Crippen LogP contribution in [0.1, 0.15) is 95.4 Å². The Labute approximate surface area is 286 Å². The van der Waals surface area contributed by atoms with Gasteiger partial charge in [-0.05, 0) is 133 Å². The molecule has 5 rings (SSSR count). The number of rotatable bonds is 7. The molecule has 0 bridgehead atoms. The smallest absolute Gasteiger partial charge is 0.416 e. The van der Waals surface area contributed by atoms with Gasteiger partial charge in [-0.2, -0.15) is 26.3 Å². The third-order valence-corrected chi connectivity index (χ3v) is 10.0. The fourth-order valence-corrected chi connectivity index (χ4v) is 7.12. The van der Waals surface area contributed by atoms with Crippen LogP contribution in [0, 0.1) is 26.2 Å². The van der Waals surface area contributed by atoms with Gasteiger partial charge < -0.3 is 14.6 Å². The summed E-state index contributed by atoms with van der Waals surface area (Å²) >= 11 is 0. The second-order valence-electron chi connectivity index (χ2n) is 14.0. The highest BCUT2D eigenvalue weighted by molar-refractivity contribution is 5.92. The van der Waals surface area contributed by atoms with Crippen LogP contribution >= 0.6 is 0 Å². The maximum Gasteiger partial charge on any atom is 0.416 e. The highest BCUT2D eigenvalue weighted by Gasteiger charge is 2.44. The number of carboxylic acids is 1. The molecule has 1 aliphatic carbocycles. The molecule has 3 aromatic rings. The van der Waals surface area contributed by atoms with Crippen LogP contribution in [0.15, 0.2) is 48.0 Å². The summed E-state index contributed by atoms with van der Waals surface area (Å²) in [5.41, 5.74) is 3.33. The zero-order valence-corrected chi connectivity index (χ0v) is 28.8. The van der Waals surface area contributed by atoms with Gasteiger partial charge in [-0.15, -0.1) is 0 Å². The standard InChI is InChI=1S/C38H39F6NO5/c1-19-12-32(49-7)31(16-30(19)27-8-9-28(34(46)47)21(3)20(27)2)29-10-11-36(5,6)17-24(29)18-45-22(4)33(50-35(45)48)23-13-25(37(39,40)41)15-26(14-23)38(42,43)44/h8-9,12-16,22,33H,10-11,17-18H2,1-7H3,(H,46,47)/t22-,33-/m0/s1. The van der Waals surface area contributed by atoms with E-state index in [1.54, 1.807) is 33.1 Å². The SMILES string of the molecule is COc1cc(C)c(-c2ccc(C(=O)O)c(C)c2C)cc1C1=C(CN2C(=O)O[C@H](c3cc(C(F)(F)F)cc(C(F)(F)F)c3)[C@@H]2C)CC(C)(C)CC1. The van der Waals surface area contributed by atoms with Crippen LogP contribution in [0.2, 0.25) is 0 Å². The van der Waals surface area contributed by atoms with E-state index in [0.29, 0.717) is 36.3 Å². The number of carboxylic acid groups (broad SMARTS) is 1.